The highest BCUT2D eigenvalue weighted by Gasteiger charge is 2.01. The van der Waals surface area contributed by atoms with E-state index in [0.29, 0.717) is 19.1 Å². The molecule has 0 aromatic rings. The van der Waals surface area contributed by atoms with Crippen molar-refractivity contribution in [2.45, 2.75) is 20.0 Å². The average Bonchev–Trinajstić information content (AvgIpc) is 2.10. The van der Waals surface area contributed by atoms with Gasteiger partial charge in [0.2, 0.25) is 0 Å². The van der Waals surface area contributed by atoms with Crippen LogP contribution in [0.25, 0.3) is 0 Å². The second-order valence-electron chi connectivity index (χ2n) is 2.66. The van der Waals surface area contributed by atoms with E-state index < -0.39 is 0 Å². The van der Waals surface area contributed by atoms with Gasteiger partial charge in [-0.15, -0.1) is 11.6 Å². The maximum atomic E-state index is 5.53. The minimum atomic E-state index is 0.116. The first-order valence-electron chi connectivity index (χ1n) is 4.12. The summed E-state index contributed by atoms with van der Waals surface area (Å²) in [5.74, 6) is 0.460. The van der Waals surface area contributed by atoms with Crippen LogP contribution in [0.1, 0.15) is 13.8 Å². The summed E-state index contributed by atoms with van der Waals surface area (Å²) in [5.41, 5.74) is 0.903. The first-order chi connectivity index (χ1) is 5.70. The molecule has 0 fully saturated rings. The summed E-state index contributed by atoms with van der Waals surface area (Å²) in [6.07, 6.45) is 0.116. The fourth-order valence-corrected chi connectivity index (χ4v) is 0.708. The van der Waals surface area contributed by atoms with Gasteiger partial charge >= 0.3 is 0 Å². The molecular weight excluding hydrogens is 176 g/mol. The Bertz CT molecular complexity index is 126. The Kier molecular flexibility index (Phi) is 7.56. The van der Waals surface area contributed by atoms with Crippen molar-refractivity contribution in [1.29, 1.82) is 0 Å². The van der Waals surface area contributed by atoms with Gasteiger partial charge in [0.25, 0.3) is 0 Å². The molecule has 0 saturated heterocycles. The summed E-state index contributed by atoms with van der Waals surface area (Å²) >= 11 is 5.53. The average molecular weight is 193 g/mol. The Balaban J connectivity index is 3.30. The molecule has 0 aromatic carbocycles. The summed E-state index contributed by atoms with van der Waals surface area (Å²) in [5, 5.41) is 0. The quantitative estimate of drug-likeness (QED) is 0.455. The van der Waals surface area contributed by atoms with Gasteiger partial charge in [0, 0.05) is 12.5 Å². The van der Waals surface area contributed by atoms with Crippen LogP contribution in [0.3, 0.4) is 0 Å². The van der Waals surface area contributed by atoms with Crippen LogP contribution < -0.4 is 0 Å². The number of rotatable bonds is 7. The van der Waals surface area contributed by atoms with Gasteiger partial charge < -0.3 is 9.47 Å². The molecule has 0 heterocycles. The Morgan fingerprint density at radius 3 is 2.75 bits per heavy atom. The number of halogens is 1. The second-order valence-corrected chi connectivity index (χ2v) is 2.93. The molecule has 3 heteroatoms. The fourth-order valence-electron chi connectivity index (χ4n) is 0.631. The summed E-state index contributed by atoms with van der Waals surface area (Å²) in [7, 11) is 0. The van der Waals surface area contributed by atoms with Gasteiger partial charge in [-0.3, -0.25) is 0 Å². The van der Waals surface area contributed by atoms with Crippen LogP contribution in [0.4, 0.5) is 0 Å². The van der Waals surface area contributed by atoms with Crippen LogP contribution in [-0.4, -0.2) is 31.8 Å². The molecule has 72 valence electrons. The van der Waals surface area contributed by atoms with Crippen molar-refractivity contribution in [1.82, 2.24) is 0 Å². The highest BCUT2D eigenvalue weighted by Crippen LogP contribution is 1.99. The van der Waals surface area contributed by atoms with Crippen molar-refractivity contribution in [2.75, 3.05) is 25.7 Å². The molecule has 0 aliphatic rings. The van der Waals surface area contributed by atoms with Gasteiger partial charge in [-0.25, -0.2) is 0 Å². The van der Waals surface area contributed by atoms with Crippen molar-refractivity contribution < 1.29 is 9.47 Å². The summed E-state index contributed by atoms with van der Waals surface area (Å²) in [6, 6.07) is 0. The van der Waals surface area contributed by atoms with Crippen molar-refractivity contribution in [3.63, 3.8) is 0 Å². The highest BCUT2D eigenvalue weighted by atomic mass is 35.5. The molecule has 0 aromatic heterocycles. The predicted molar refractivity (Wildman–Crippen MR) is 51.8 cm³/mol. The van der Waals surface area contributed by atoms with Crippen LogP contribution in [0.2, 0.25) is 0 Å². The summed E-state index contributed by atoms with van der Waals surface area (Å²) in [6.45, 7) is 9.54. The lowest BCUT2D eigenvalue weighted by Gasteiger charge is -2.12. The maximum absolute atomic E-state index is 5.53. The van der Waals surface area contributed by atoms with Crippen molar-refractivity contribution in [3.05, 3.63) is 12.2 Å². The smallest absolute Gasteiger partial charge is 0.0784 e. The van der Waals surface area contributed by atoms with E-state index in [9.17, 15) is 0 Å². The Labute approximate surface area is 79.5 Å². The number of hydrogen-bond acceptors (Lipinski definition) is 2. The van der Waals surface area contributed by atoms with E-state index in [1.807, 2.05) is 13.8 Å². The normalized spacial score (nSPS) is 12.9. The van der Waals surface area contributed by atoms with Crippen LogP contribution in [0.15, 0.2) is 12.2 Å². The predicted octanol–water partition coefficient (Wildman–Crippen LogP) is 2.22. The lowest BCUT2D eigenvalue weighted by Crippen LogP contribution is -2.17. The summed E-state index contributed by atoms with van der Waals surface area (Å²) in [4.78, 5) is 0. The van der Waals surface area contributed by atoms with E-state index in [-0.39, 0.29) is 6.10 Å². The maximum Gasteiger partial charge on any atom is 0.0784 e. The molecule has 1 unspecified atom stereocenters. The Hall–Kier alpha value is -0.0500. The first-order valence-corrected chi connectivity index (χ1v) is 4.66. The topological polar surface area (TPSA) is 18.5 Å². The largest absolute Gasteiger partial charge is 0.379 e. The standard InChI is InChI=1S/C9H17ClO2/c1-4-11-7-9(3)12-6-8(2)5-10/h9H,2,4-7H2,1,3H3. The number of ether oxygens (including phenoxy) is 2. The van der Waals surface area contributed by atoms with E-state index in [1.165, 1.54) is 0 Å². The van der Waals surface area contributed by atoms with Crippen LogP contribution in [0.5, 0.6) is 0 Å². The first kappa shape index (κ1) is 11.9. The fraction of sp³-hybridized carbons (Fsp3) is 0.778. The van der Waals surface area contributed by atoms with E-state index in [1.54, 1.807) is 0 Å². The molecule has 1 atom stereocenters. The molecule has 0 aliphatic heterocycles. The lowest BCUT2D eigenvalue weighted by atomic mass is 10.3. The van der Waals surface area contributed by atoms with Crippen molar-refractivity contribution in [2.24, 2.45) is 0 Å². The van der Waals surface area contributed by atoms with Gasteiger partial charge in [0.15, 0.2) is 0 Å². The third-order valence-corrected chi connectivity index (χ3v) is 1.70. The van der Waals surface area contributed by atoms with E-state index >= 15 is 0 Å². The molecule has 0 amide bonds. The highest BCUT2D eigenvalue weighted by molar-refractivity contribution is 6.19. The zero-order valence-corrected chi connectivity index (χ0v) is 8.56. The zero-order chi connectivity index (χ0) is 9.40. The van der Waals surface area contributed by atoms with Gasteiger partial charge in [0.1, 0.15) is 0 Å². The molecule has 0 spiro atoms. The van der Waals surface area contributed by atoms with Gasteiger partial charge in [-0.1, -0.05) is 6.58 Å². The molecule has 0 saturated carbocycles. The van der Waals surface area contributed by atoms with Gasteiger partial charge in [0.05, 0.1) is 19.3 Å². The molecule has 0 rings (SSSR count). The van der Waals surface area contributed by atoms with E-state index in [2.05, 4.69) is 6.58 Å². The SMILES string of the molecule is C=C(CCl)COC(C)COCC. The molecule has 12 heavy (non-hydrogen) atoms. The van der Waals surface area contributed by atoms with E-state index in [4.69, 9.17) is 21.1 Å². The lowest BCUT2D eigenvalue weighted by molar-refractivity contribution is 0.00616. The van der Waals surface area contributed by atoms with Crippen LogP contribution in [0, 0.1) is 0 Å². The third-order valence-electron chi connectivity index (χ3n) is 1.32. The van der Waals surface area contributed by atoms with Gasteiger partial charge in [-0.05, 0) is 19.4 Å². The van der Waals surface area contributed by atoms with Gasteiger partial charge in [-0.2, -0.15) is 0 Å². The number of hydrogen-bond donors (Lipinski definition) is 0. The zero-order valence-electron chi connectivity index (χ0n) is 7.81. The Morgan fingerprint density at radius 2 is 2.25 bits per heavy atom. The minimum Gasteiger partial charge on any atom is -0.379 e. The summed E-state index contributed by atoms with van der Waals surface area (Å²) < 4.78 is 10.6. The van der Waals surface area contributed by atoms with Crippen LogP contribution in [-0.2, 0) is 9.47 Å². The second kappa shape index (κ2) is 7.59. The molecule has 0 N–H and O–H groups in total. The van der Waals surface area contributed by atoms with E-state index in [0.717, 1.165) is 12.2 Å². The third kappa shape index (κ3) is 6.65. The monoisotopic (exact) mass is 192 g/mol. The minimum absolute atomic E-state index is 0.116. The molecule has 0 aliphatic carbocycles. The molecule has 0 radical (unpaired) electrons. The molecular formula is C9H17ClO2. The van der Waals surface area contributed by atoms with Crippen molar-refractivity contribution >= 4 is 11.6 Å². The molecule has 2 nitrogen and oxygen atoms in total. The van der Waals surface area contributed by atoms with Crippen molar-refractivity contribution in [3.8, 4) is 0 Å². The number of alkyl halides is 1. The van der Waals surface area contributed by atoms with Crippen LogP contribution >= 0.6 is 11.6 Å². The molecule has 0 bridgehead atoms. The Morgan fingerprint density at radius 1 is 1.58 bits per heavy atom.